The van der Waals surface area contributed by atoms with E-state index >= 15 is 0 Å². The third-order valence-corrected chi connectivity index (χ3v) is 3.08. The maximum Gasteiger partial charge on any atom is 0.337 e. The van der Waals surface area contributed by atoms with Crippen molar-refractivity contribution in [3.05, 3.63) is 63.9 Å². The number of ketones is 1. The van der Waals surface area contributed by atoms with E-state index in [2.05, 4.69) is 4.98 Å². The van der Waals surface area contributed by atoms with Crippen molar-refractivity contribution in [3.63, 3.8) is 0 Å². The molecule has 1 N–H and O–H groups in total. The number of hydrogen-bond acceptors (Lipinski definition) is 3. The Morgan fingerprint density at radius 2 is 1.80 bits per heavy atom. The van der Waals surface area contributed by atoms with E-state index in [1.807, 2.05) is 19.1 Å². The topological polar surface area (TPSA) is 67.3 Å². The summed E-state index contributed by atoms with van der Waals surface area (Å²) in [4.78, 5) is 27.2. The fraction of sp³-hybridized carbons (Fsp3) is 0.133. The summed E-state index contributed by atoms with van der Waals surface area (Å²) in [5.74, 6) is -1.32. The zero-order valence-corrected chi connectivity index (χ0v) is 11.5. The van der Waals surface area contributed by atoms with E-state index in [0.717, 1.165) is 5.56 Å². The van der Waals surface area contributed by atoms with Crippen molar-refractivity contribution in [3.8, 4) is 0 Å². The summed E-state index contributed by atoms with van der Waals surface area (Å²) in [7, 11) is 0. The van der Waals surface area contributed by atoms with Gasteiger partial charge in [0.25, 0.3) is 0 Å². The monoisotopic (exact) mass is 289 g/mol. The van der Waals surface area contributed by atoms with Crippen molar-refractivity contribution in [1.29, 1.82) is 0 Å². The highest BCUT2D eigenvalue weighted by atomic mass is 35.5. The number of aromatic nitrogens is 1. The number of halogens is 1. The summed E-state index contributed by atoms with van der Waals surface area (Å²) in [5.41, 5.74) is 1.74. The number of Topliss-reactive ketones (excluding diaryl/α,β-unsaturated/α-hetero) is 1. The molecular formula is C15H12ClNO3. The van der Waals surface area contributed by atoms with Crippen molar-refractivity contribution in [2.24, 2.45) is 0 Å². The normalized spacial score (nSPS) is 10.3. The Balaban J connectivity index is 2.29. The molecule has 0 saturated carbocycles. The predicted molar refractivity (Wildman–Crippen MR) is 75.4 cm³/mol. The van der Waals surface area contributed by atoms with Crippen molar-refractivity contribution in [2.75, 3.05) is 0 Å². The number of nitrogens with zero attached hydrogens (tertiary/aromatic N) is 1. The van der Waals surface area contributed by atoms with Gasteiger partial charge in [-0.1, -0.05) is 41.4 Å². The summed E-state index contributed by atoms with van der Waals surface area (Å²) < 4.78 is 0. The van der Waals surface area contributed by atoms with Crippen LogP contribution in [0, 0.1) is 6.92 Å². The number of aromatic carboxylic acids is 1. The summed E-state index contributed by atoms with van der Waals surface area (Å²) in [6, 6.07) is 9.83. The minimum absolute atomic E-state index is 0.00476. The van der Waals surface area contributed by atoms with Crippen LogP contribution in [0.1, 0.15) is 32.0 Å². The van der Waals surface area contributed by atoms with Crippen LogP contribution in [0.4, 0.5) is 0 Å². The summed E-state index contributed by atoms with van der Waals surface area (Å²) in [6.45, 7) is 1.93. The Kier molecular flexibility index (Phi) is 4.15. The molecule has 5 heteroatoms. The highest BCUT2D eigenvalue weighted by Crippen LogP contribution is 2.15. The van der Waals surface area contributed by atoms with Crippen LogP contribution in [0.25, 0.3) is 0 Å². The zero-order chi connectivity index (χ0) is 14.7. The molecule has 0 aliphatic rings. The molecule has 0 saturated heterocycles. The SMILES string of the molecule is Cc1ccc(C(=O)Cc2nc(Cl)ccc2C(=O)O)cc1. The first kappa shape index (κ1) is 14.2. The van der Waals surface area contributed by atoms with Crippen LogP contribution in [0.15, 0.2) is 36.4 Å². The van der Waals surface area contributed by atoms with E-state index in [1.165, 1.54) is 12.1 Å². The Labute approximate surface area is 121 Å². The first-order valence-electron chi connectivity index (χ1n) is 5.96. The van der Waals surface area contributed by atoms with Gasteiger partial charge in [-0.15, -0.1) is 0 Å². The number of hydrogen-bond donors (Lipinski definition) is 1. The molecule has 20 heavy (non-hydrogen) atoms. The van der Waals surface area contributed by atoms with E-state index in [9.17, 15) is 9.59 Å². The van der Waals surface area contributed by atoms with Gasteiger partial charge in [-0.2, -0.15) is 0 Å². The maximum atomic E-state index is 12.1. The standard InChI is InChI=1S/C15H12ClNO3/c1-9-2-4-10(5-3-9)13(18)8-12-11(15(19)20)6-7-14(16)17-12/h2-7H,8H2,1H3,(H,19,20). The largest absolute Gasteiger partial charge is 0.478 e. The zero-order valence-electron chi connectivity index (χ0n) is 10.8. The van der Waals surface area contributed by atoms with Crippen LogP contribution in [0.2, 0.25) is 5.15 Å². The highest BCUT2D eigenvalue weighted by Gasteiger charge is 2.16. The number of carbonyl (C=O) groups is 2. The van der Waals surface area contributed by atoms with Gasteiger partial charge in [0, 0.05) is 5.56 Å². The fourth-order valence-corrected chi connectivity index (χ4v) is 1.96. The number of carbonyl (C=O) groups excluding carboxylic acids is 1. The van der Waals surface area contributed by atoms with Crippen LogP contribution >= 0.6 is 11.6 Å². The van der Waals surface area contributed by atoms with Gasteiger partial charge < -0.3 is 5.11 Å². The number of carboxylic acids is 1. The Morgan fingerprint density at radius 3 is 2.40 bits per heavy atom. The minimum Gasteiger partial charge on any atom is -0.478 e. The molecule has 0 bridgehead atoms. The molecule has 0 aliphatic heterocycles. The maximum absolute atomic E-state index is 12.1. The number of pyridine rings is 1. The van der Waals surface area contributed by atoms with Gasteiger partial charge in [0.1, 0.15) is 5.15 Å². The van der Waals surface area contributed by atoms with E-state index in [0.29, 0.717) is 5.56 Å². The lowest BCUT2D eigenvalue weighted by Crippen LogP contribution is -2.11. The second kappa shape index (κ2) is 5.84. The molecule has 1 aromatic carbocycles. The molecule has 0 atom stereocenters. The van der Waals surface area contributed by atoms with Crippen LogP contribution in [-0.2, 0) is 6.42 Å². The number of aryl methyl sites for hydroxylation is 1. The van der Waals surface area contributed by atoms with Crippen LogP contribution in [0.3, 0.4) is 0 Å². The second-order valence-corrected chi connectivity index (χ2v) is 4.79. The van der Waals surface area contributed by atoms with Crippen molar-refractivity contribution < 1.29 is 14.7 Å². The van der Waals surface area contributed by atoms with E-state index in [4.69, 9.17) is 16.7 Å². The first-order chi connectivity index (χ1) is 9.47. The van der Waals surface area contributed by atoms with Crippen molar-refractivity contribution in [1.82, 2.24) is 4.98 Å². The molecule has 0 amide bonds. The van der Waals surface area contributed by atoms with Gasteiger partial charge in [0.05, 0.1) is 17.7 Å². The van der Waals surface area contributed by atoms with E-state index in [1.54, 1.807) is 12.1 Å². The first-order valence-corrected chi connectivity index (χ1v) is 6.34. The van der Waals surface area contributed by atoms with Gasteiger partial charge in [0.2, 0.25) is 0 Å². The van der Waals surface area contributed by atoms with Crippen LogP contribution < -0.4 is 0 Å². The Bertz CT molecular complexity index is 665. The van der Waals surface area contributed by atoms with Gasteiger partial charge in [0.15, 0.2) is 5.78 Å². The molecule has 4 nitrogen and oxygen atoms in total. The van der Waals surface area contributed by atoms with E-state index in [-0.39, 0.29) is 28.6 Å². The molecule has 0 radical (unpaired) electrons. The minimum atomic E-state index is -1.12. The van der Waals surface area contributed by atoms with Gasteiger partial charge >= 0.3 is 5.97 Å². The van der Waals surface area contributed by atoms with Gasteiger partial charge in [-0.05, 0) is 19.1 Å². The van der Waals surface area contributed by atoms with E-state index < -0.39 is 5.97 Å². The third kappa shape index (κ3) is 3.22. The average Bonchev–Trinajstić information content (AvgIpc) is 2.39. The highest BCUT2D eigenvalue weighted by molar-refractivity contribution is 6.29. The number of benzene rings is 1. The second-order valence-electron chi connectivity index (χ2n) is 4.40. The van der Waals surface area contributed by atoms with Crippen molar-refractivity contribution >= 4 is 23.4 Å². The predicted octanol–water partition coefficient (Wildman–Crippen LogP) is 3.17. The average molecular weight is 290 g/mol. The lowest BCUT2D eigenvalue weighted by Gasteiger charge is -2.05. The Hall–Kier alpha value is -2.20. The van der Waals surface area contributed by atoms with Crippen molar-refractivity contribution in [2.45, 2.75) is 13.3 Å². The van der Waals surface area contributed by atoms with Crippen LogP contribution in [-0.4, -0.2) is 21.8 Å². The molecule has 2 rings (SSSR count). The molecule has 102 valence electrons. The molecule has 0 aliphatic carbocycles. The molecule has 0 unspecified atom stereocenters. The molecule has 1 heterocycles. The summed E-state index contributed by atoms with van der Waals surface area (Å²) in [5, 5.41) is 9.25. The lowest BCUT2D eigenvalue weighted by molar-refractivity contribution is 0.0695. The number of carboxylic acid groups (broad SMARTS) is 1. The molecule has 1 aromatic heterocycles. The smallest absolute Gasteiger partial charge is 0.337 e. The molecule has 0 fully saturated rings. The molecule has 2 aromatic rings. The summed E-state index contributed by atoms with van der Waals surface area (Å²) in [6.07, 6.45) is -0.0920. The Morgan fingerprint density at radius 1 is 1.15 bits per heavy atom. The van der Waals surface area contributed by atoms with Crippen LogP contribution in [0.5, 0.6) is 0 Å². The fourth-order valence-electron chi connectivity index (χ4n) is 1.80. The quantitative estimate of drug-likeness (QED) is 0.693. The lowest BCUT2D eigenvalue weighted by atomic mass is 10.0. The number of rotatable bonds is 4. The summed E-state index contributed by atoms with van der Waals surface area (Å²) >= 11 is 5.76. The third-order valence-electron chi connectivity index (χ3n) is 2.87. The van der Waals surface area contributed by atoms with Gasteiger partial charge in [-0.3, -0.25) is 4.79 Å². The molecule has 0 spiro atoms. The van der Waals surface area contributed by atoms with Gasteiger partial charge in [-0.25, -0.2) is 9.78 Å². The molecular weight excluding hydrogens is 278 g/mol.